The van der Waals surface area contributed by atoms with Crippen molar-refractivity contribution in [1.29, 1.82) is 0 Å². The number of nitrogens with zero attached hydrogens (tertiary/aromatic N) is 1. The molecule has 0 fully saturated rings. The Kier molecular flexibility index (Phi) is 1.35. The zero-order valence-corrected chi connectivity index (χ0v) is 4.31. The minimum Gasteiger partial charge on any atom is -0.444 e. The van der Waals surface area contributed by atoms with Crippen LogP contribution in [0.5, 0.6) is 5.95 Å². The molecule has 0 aliphatic carbocycles. The first-order chi connectivity index (χ1) is 4.29. The second-order valence-electron chi connectivity index (χ2n) is 1.25. The fraction of sp³-hybridized carbons (Fsp3) is 0. The molecule has 5 nitrogen and oxygen atoms in total. The van der Waals surface area contributed by atoms with Crippen LogP contribution in [0.25, 0.3) is 0 Å². The molecule has 0 unspecified atom stereocenters. The van der Waals surface area contributed by atoms with Crippen molar-refractivity contribution < 1.29 is 14.3 Å². The van der Waals surface area contributed by atoms with Crippen molar-refractivity contribution >= 4 is 0 Å². The van der Waals surface area contributed by atoms with E-state index in [0.29, 0.717) is 0 Å². The molecule has 0 aromatic carbocycles. The second-order valence-corrected chi connectivity index (χ2v) is 1.25. The molecule has 1 aromatic heterocycles. The van der Waals surface area contributed by atoms with Gasteiger partial charge >= 0.3 is 5.09 Å². The average molecular weight is 129 g/mol. The number of hydrogen-bond donors (Lipinski definition) is 0. The molecule has 0 saturated heterocycles. The third kappa shape index (κ3) is 1.45. The molecule has 0 aliphatic heterocycles. The van der Waals surface area contributed by atoms with Crippen LogP contribution in [0.2, 0.25) is 0 Å². The number of furan rings is 1. The summed E-state index contributed by atoms with van der Waals surface area (Å²) in [6.45, 7) is 0. The molecular formula is C4H3NO4. The van der Waals surface area contributed by atoms with Crippen LogP contribution in [0, 0.1) is 10.1 Å². The van der Waals surface area contributed by atoms with Gasteiger partial charge in [-0.15, -0.1) is 10.1 Å². The molecule has 0 atom stereocenters. The molecule has 5 heteroatoms. The maximum atomic E-state index is 9.59. The summed E-state index contributed by atoms with van der Waals surface area (Å²) in [4.78, 5) is 13.5. The van der Waals surface area contributed by atoms with E-state index in [2.05, 4.69) is 9.25 Å². The fourth-order valence-corrected chi connectivity index (χ4v) is 0.389. The van der Waals surface area contributed by atoms with Crippen molar-refractivity contribution in [2.24, 2.45) is 0 Å². The smallest absolute Gasteiger partial charge is 0.302 e. The highest BCUT2D eigenvalue weighted by atomic mass is 17.0. The summed E-state index contributed by atoms with van der Waals surface area (Å²) in [6.07, 6.45) is 1.29. The minimum atomic E-state index is -0.932. The van der Waals surface area contributed by atoms with Crippen LogP contribution >= 0.6 is 0 Å². The van der Waals surface area contributed by atoms with Crippen LogP contribution in [-0.4, -0.2) is 5.09 Å². The minimum absolute atomic E-state index is 0.111. The van der Waals surface area contributed by atoms with E-state index in [-0.39, 0.29) is 5.95 Å². The highest BCUT2D eigenvalue weighted by Gasteiger charge is 1.98. The van der Waals surface area contributed by atoms with Gasteiger partial charge in [-0.05, 0) is 6.07 Å². The summed E-state index contributed by atoms with van der Waals surface area (Å²) in [5, 5.41) is 8.66. The Labute approximate surface area is 49.9 Å². The molecule has 0 bridgehead atoms. The van der Waals surface area contributed by atoms with Gasteiger partial charge in [-0.25, -0.2) is 4.84 Å². The maximum absolute atomic E-state index is 9.59. The lowest BCUT2D eigenvalue weighted by Crippen LogP contribution is -2.01. The molecule has 0 aliphatic rings. The summed E-state index contributed by atoms with van der Waals surface area (Å²) in [6, 6.07) is 2.85. The lowest BCUT2D eigenvalue weighted by Gasteiger charge is -1.86. The summed E-state index contributed by atoms with van der Waals surface area (Å²) in [7, 11) is 0. The lowest BCUT2D eigenvalue weighted by molar-refractivity contribution is -0.714. The normalized spacial score (nSPS) is 8.89. The quantitative estimate of drug-likeness (QED) is 0.438. The Bertz CT molecular complexity index is 192. The van der Waals surface area contributed by atoms with Gasteiger partial charge in [0.25, 0.3) is 5.95 Å². The number of rotatable bonds is 2. The van der Waals surface area contributed by atoms with E-state index >= 15 is 0 Å². The highest BCUT2D eigenvalue weighted by Crippen LogP contribution is 2.08. The first kappa shape index (κ1) is 5.61. The van der Waals surface area contributed by atoms with Crippen LogP contribution in [0.15, 0.2) is 22.8 Å². The van der Waals surface area contributed by atoms with E-state index < -0.39 is 5.09 Å². The molecule has 0 N–H and O–H groups in total. The molecule has 0 saturated carbocycles. The Morgan fingerprint density at radius 2 is 2.56 bits per heavy atom. The van der Waals surface area contributed by atoms with Crippen molar-refractivity contribution in [3.05, 3.63) is 28.5 Å². The lowest BCUT2D eigenvalue weighted by atomic mass is 10.7. The molecule has 1 rings (SSSR count). The standard InChI is InChI=1S/C4H3NO4/c6-5(7)9-4-2-1-3-8-4/h1-3H. The molecule has 9 heavy (non-hydrogen) atoms. The molecule has 0 amide bonds. The largest absolute Gasteiger partial charge is 0.444 e. The van der Waals surface area contributed by atoms with Crippen LogP contribution in [0.3, 0.4) is 0 Å². The van der Waals surface area contributed by atoms with E-state index in [1.807, 2.05) is 0 Å². The van der Waals surface area contributed by atoms with Crippen LogP contribution in [0.4, 0.5) is 0 Å². The van der Waals surface area contributed by atoms with Crippen molar-refractivity contribution in [2.75, 3.05) is 0 Å². The third-order valence-corrected chi connectivity index (χ3v) is 0.660. The molecular weight excluding hydrogens is 126 g/mol. The predicted molar refractivity (Wildman–Crippen MR) is 26.3 cm³/mol. The van der Waals surface area contributed by atoms with Gasteiger partial charge in [-0.1, -0.05) is 0 Å². The Morgan fingerprint density at radius 3 is 3.00 bits per heavy atom. The molecule has 0 radical (unpaired) electrons. The molecule has 1 heterocycles. The van der Waals surface area contributed by atoms with Gasteiger partial charge in [0, 0.05) is 6.07 Å². The Balaban J connectivity index is 2.58. The molecule has 0 spiro atoms. The Hall–Kier alpha value is -1.52. The fourth-order valence-electron chi connectivity index (χ4n) is 0.389. The van der Waals surface area contributed by atoms with E-state index in [9.17, 15) is 10.1 Å². The number of hydrogen-bond acceptors (Lipinski definition) is 4. The van der Waals surface area contributed by atoms with Crippen LogP contribution in [-0.2, 0) is 0 Å². The van der Waals surface area contributed by atoms with Crippen molar-refractivity contribution in [3.63, 3.8) is 0 Å². The van der Waals surface area contributed by atoms with Crippen molar-refractivity contribution in [3.8, 4) is 5.95 Å². The van der Waals surface area contributed by atoms with E-state index in [1.165, 1.54) is 18.4 Å². The molecule has 48 valence electrons. The van der Waals surface area contributed by atoms with Crippen LogP contribution in [0.1, 0.15) is 0 Å². The zero-order chi connectivity index (χ0) is 6.69. The SMILES string of the molecule is O=[N+]([O-])Oc1ccco1. The summed E-state index contributed by atoms with van der Waals surface area (Å²) < 4.78 is 4.48. The Morgan fingerprint density at radius 1 is 1.78 bits per heavy atom. The van der Waals surface area contributed by atoms with E-state index in [4.69, 9.17) is 0 Å². The highest BCUT2D eigenvalue weighted by molar-refractivity contribution is 5.02. The molecule has 1 aromatic rings. The maximum Gasteiger partial charge on any atom is 0.302 e. The van der Waals surface area contributed by atoms with Gasteiger partial charge in [0.2, 0.25) is 0 Å². The topological polar surface area (TPSA) is 65.5 Å². The first-order valence-electron chi connectivity index (χ1n) is 2.15. The zero-order valence-electron chi connectivity index (χ0n) is 4.31. The summed E-state index contributed by atoms with van der Waals surface area (Å²) >= 11 is 0. The second kappa shape index (κ2) is 2.17. The van der Waals surface area contributed by atoms with E-state index in [0.717, 1.165) is 0 Å². The summed E-state index contributed by atoms with van der Waals surface area (Å²) in [5.41, 5.74) is 0. The van der Waals surface area contributed by atoms with Gasteiger partial charge in [-0.3, -0.25) is 0 Å². The van der Waals surface area contributed by atoms with Crippen LogP contribution < -0.4 is 4.84 Å². The monoisotopic (exact) mass is 129 g/mol. The van der Waals surface area contributed by atoms with Crippen molar-refractivity contribution in [1.82, 2.24) is 0 Å². The average Bonchev–Trinajstić information content (AvgIpc) is 2.15. The van der Waals surface area contributed by atoms with Crippen molar-refractivity contribution in [2.45, 2.75) is 0 Å². The predicted octanol–water partition coefficient (Wildman–Crippen LogP) is 0.850. The third-order valence-electron chi connectivity index (χ3n) is 0.660. The summed E-state index contributed by atoms with van der Waals surface area (Å²) in [5.74, 6) is -0.111. The first-order valence-corrected chi connectivity index (χ1v) is 2.15. The van der Waals surface area contributed by atoms with Gasteiger partial charge in [0.15, 0.2) is 0 Å². The van der Waals surface area contributed by atoms with Gasteiger partial charge in [0.1, 0.15) is 0 Å². The van der Waals surface area contributed by atoms with Gasteiger partial charge < -0.3 is 4.42 Å². The van der Waals surface area contributed by atoms with E-state index in [1.54, 1.807) is 0 Å². The van der Waals surface area contributed by atoms with Gasteiger partial charge in [0.05, 0.1) is 6.26 Å². The van der Waals surface area contributed by atoms with Gasteiger partial charge in [-0.2, -0.15) is 0 Å².